The van der Waals surface area contributed by atoms with Gasteiger partial charge in [0.25, 0.3) is 0 Å². The van der Waals surface area contributed by atoms with Crippen molar-refractivity contribution in [3.63, 3.8) is 0 Å². The standard InChI is InChI=1S/C16H21NO3/c1-19-13-6-2-4-11(8-13)10-20-16(18)15-14-7-3-5-12(14)9-17-15/h2,4,6,8,12,14-15,17H,3,5,7,9-10H2,1H3. The van der Waals surface area contributed by atoms with Gasteiger partial charge < -0.3 is 14.8 Å². The molecule has 0 aromatic heterocycles. The Bertz CT molecular complexity index is 488. The first kappa shape index (κ1) is 13.4. The summed E-state index contributed by atoms with van der Waals surface area (Å²) in [6, 6.07) is 7.52. The van der Waals surface area contributed by atoms with Crippen LogP contribution in [0.5, 0.6) is 5.75 Å². The van der Waals surface area contributed by atoms with Gasteiger partial charge in [-0.05, 0) is 48.9 Å². The van der Waals surface area contributed by atoms with Crippen LogP contribution in [0.2, 0.25) is 0 Å². The molecule has 1 aliphatic heterocycles. The van der Waals surface area contributed by atoms with Crippen LogP contribution < -0.4 is 10.1 Å². The third-order valence-corrected chi connectivity index (χ3v) is 4.52. The summed E-state index contributed by atoms with van der Waals surface area (Å²) in [6.45, 7) is 1.27. The quantitative estimate of drug-likeness (QED) is 0.855. The topological polar surface area (TPSA) is 47.6 Å². The fraction of sp³-hybridized carbons (Fsp3) is 0.562. The fourth-order valence-corrected chi connectivity index (χ4v) is 3.45. The van der Waals surface area contributed by atoms with E-state index in [1.54, 1.807) is 7.11 Å². The number of carbonyl (C=O) groups excluding carboxylic acids is 1. The second-order valence-corrected chi connectivity index (χ2v) is 5.70. The summed E-state index contributed by atoms with van der Waals surface area (Å²) in [5.41, 5.74) is 0.957. The number of rotatable bonds is 4. The maximum Gasteiger partial charge on any atom is 0.323 e. The summed E-state index contributed by atoms with van der Waals surface area (Å²) < 4.78 is 10.6. The molecular formula is C16H21NO3. The summed E-state index contributed by atoms with van der Waals surface area (Å²) >= 11 is 0. The van der Waals surface area contributed by atoms with Crippen LogP contribution in [-0.2, 0) is 16.1 Å². The van der Waals surface area contributed by atoms with E-state index in [0.717, 1.165) is 24.3 Å². The summed E-state index contributed by atoms with van der Waals surface area (Å²) in [7, 11) is 1.63. The highest BCUT2D eigenvalue weighted by Gasteiger charge is 2.43. The van der Waals surface area contributed by atoms with Crippen molar-refractivity contribution in [2.75, 3.05) is 13.7 Å². The number of benzene rings is 1. The van der Waals surface area contributed by atoms with E-state index in [9.17, 15) is 4.79 Å². The average Bonchev–Trinajstić information content (AvgIpc) is 3.07. The number of hydrogen-bond donors (Lipinski definition) is 1. The summed E-state index contributed by atoms with van der Waals surface area (Å²) in [6.07, 6.45) is 3.64. The fourth-order valence-electron chi connectivity index (χ4n) is 3.45. The molecule has 2 aliphatic rings. The molecule has 1 aromatic carbocycles. The Kier molecular flexibility index (Phi) is 3.92. The van der Waals surface area contributed by atoms with Crippen molar-refractivity contribution in [2.24, 2.45) is 11.8 Å². The number of hydrogen-bond acceptors (Lipinski definition) is 4. The lowest BCUT2D eigenvalue weighted by Gasteiger charge is -2.17. The third kappa shape index (κ3) is 2.66. The van der Waals surface area contributed by atoms with Gasteiger partial charge in [-0.15, -0.1) is 0 Å². The van der Waals surface area contributed by atoms with Gasteiger partial charge in [0.1, 0.15) is 18.4 Å². The van der Waals surface area contributed by atoms with E-state index in [1.807, 2.05) is 24.3 Å². The summed E-state index contributed by atoms with van der Waals surface area (Å²) in [5.74, 6) is 1.83. The van der Waals surface area contributed by atoms with Gasteiger partial charge in [-0.2, -0.15) is 0 Å². The minimum atomic E-state index is -0.109. The van der Waals surface area contributed by atoms with Crippen molar-refractivity contribution < 1.29 is 14.3 Å². The lowest BCUT2D eigenvalue weighted by atomic mass is 9.94. The molecule has 2 fully saturated rings. The Balaban J connectivity index is 1.56. The predicted molar refractivity (Wildman–Crippen MR) is 75.4 cm³/mol. The van der Waals surface area contributed by atoms with Gasteiger partial charge in [-0.3, -0.25) is 4.79 Å². The number of esters is 1. The highest BCUT2D eigenvalue weighted by molar-refractivity contribution is 5.76. The maximum absolute atomic E-state index is 12.2. The van der Waals surface area contributed by atoms with Crippen LogP contribution in [0, 0.1) is 11.8 Å². The number of methoxy groups -OCH3 is 1. The molecule has 108 valence electrons. The zero-order chi connectivity index (χ0) is 13.9. The zero-order valence-corrected chi connectivity index (χ0v) is 11.8. The Hall–Kier alpha value is -1.55. The van der Waals surface area contributed by atoms with Crippen LogP contribution in [0.15, 0.2) is 24.3 Å². The number of fused-ring (bicyclic) bond motifs is 1. The zero-order valence-electron chi connectivity index (χ0n) is 11.8. The van der Waals surface area contributed by atoms with Crippen molar-refractivity contribution in [1.82, 2.24) is 5.32 Å². The predicted octanol–water partition coefficient (Wildman–Crippen LogP) is 2.13. The molecule has 3 unspecified atom stereocenters. The highest BCUT2D eigenvalue weighted by Crippen LogP contribution is 2.38. The Morgan fingerprint density at radius 1 is 1.40 bits per heavy atom. The molecule has 1 N–H and O–H groups in total. The van der Waals surface area contributed by atoms with E-state index in [2.05, 4.69) is 5.32 Å². The lowest BCUT2D eigenvalue weighted by molar-refractivity contribution is -0.148. The molecule has 4 nitrogen and oxygen atoms in total. The number of nitrogens with one attached hydrogen (secondary N) is 1. The van der Waals surface area contributed by atoms with Crippen LogP contribution in [0.1, 0.15) is 24.8 Å². The first-order chi connectivity index (χ1) is 9.78. The van der Waals surface area contributed by atoms with Gasteiger partial charge in [-0.1, -0.05) is 18.6 Å². The molecular weight excluding hydrogens is 254 g/mol. The smallest absolute Gasteiger partial charge is 0.323 e. The lowest BCUT2D eigenvalue weighted by Crippen LogP contribution is -2.36. The van der Waals surface area contributed by atoms with Crippen molar-refractivity contribution in [3.8, 4) is 5.75 Å². The molecule has 3 atom stereocenters. The molecule has 20 heavy (non-hydrogen) atoms. The van der Waals surface area contributed by atoms with E-state index in [-0.39, 0.29) is 12.0 Å². The van der Waals surface area contributed by atoms with Crippen molar-refractivity contribution in [2.45, 2.75) is 31.9 Å². The van der Waals surface area contributed by atoms with E-state index < -0.39 is 0 Å². The molecule has 0 radical (unpaired) electrons. The van der Waals surface area contributed by atoms with E-state index in [4.69, 9.17) is 9.47 Å². The summed E-state index contributed by atoms with van der Waals surface area (Å²) in [5, 5.41) is 3.32. The third-order valence-electron chi connectivity index (χ3n) is 4.52. The second-order valence-electron chi connectivity index (χ2n) is 5.70. The SMILES string of the molecule is COc1cccc(COC(=O)C2NCC3CCCC32)c1. The van der Waals surface area contributed by atoms with Gasteiger partial charge >= 0.3 is 5.97 Å². The van der Waals surface area contributed by atoms with Gasteiger partial charge in [0.15, 0.2) is 0 Å². The largest absolute Gasteiger partial charge is 0.497 e. The molecule has 1 saturated carbocycles. The van der Waals surface area contributed by atoms with Gasteiger partial charge in [0.05, 0.1) is 7.11 Å². The molecule has 0 bridgehead atoms. The minimum absolute atomic E-state index is 0.104. The Morgan fingerprint density at radius 3 is 3.15 bits per heavy atom. The molecule has 1 heterocycles. The molecule has 1 aromatic rings. The summed E-state index contributed by atoms with van der Waals surface area (Å²) in [4.78, 5) is 12.2. The van der Waals surface area contributed by atoms with Crippen molar-refractivity contribution in [1.29, 1.82) is 0 Å². The molecule has 1 saturated heterocycles. The van der Waals surface area contributed by atoms with Crippen molar-refractivity contribution in [3.05, 3.63) is 29.8 Å². The van der Waals surface area contributed by atoms with Crippen LogP contribution in [-0.4, -0.2) is 25.7 Å². The van der Waals surface area contributed by atoms with Crippen molar-refractivity contribution >= 4 is 5.97 Å². The first-order valence-electron chi connectivity index (χ1n) is 7.31. The molecule has 0 amide bonds. The highest BCUT2D eigenvalue weighted by atomic mass is 16.5. The average molecular weight is 275 g/mol. The molecule has 1 aliphatic carbocycles. The number of carbonyl (C=O) groups is 1. The maximum atomic E-state index is 12.2. The van der Waals surface area contributed by atoms with Crippen LogP contribution >= 0.6 is 0 Å². The number of ether oxygens (including phenoxy) is 2. The Morgan fingerprint density at radius 2 is 2.30 bits per heavy atom. The van der Waals surface area contributed by atoms with Gasteiger partial charge in [0, 0.05) is 0 Å². The monoisotopic (exact) mass is 275 g/mol. The van der Waals surface area contributed by atoms with Crippen LogP contribution in [0.4, 0.5) is 0 Å². The minimum Gasteiger partial charge on any atom is -0.497 e. The van der Waals surface area contributed by atoms with Crippen LogP contribution in [0.3, 0.4) is 0 Å². The normalized spacial score (nSPS) is 28.1. The first-order valence-corrected chi connectivity index (χ1v) is 7.31. The molecule has 4 heteroatoms. The molecule has 3 rings (SSSR count). The molecule has 0 spiro atoms. The van der Waals surface area contributed by atoms with E-state index in [0.29, 0.717) is 18.4 Å². The second kappa shape index (κ2) is 5.83. The van der Waals surface area contributed by atoms with E-state index >= 15 is 0 Å². The van der Waals surface area contributed by atoms with Crippen LogP contribution in [0.25, 0.3) is 0 Å². The van der Waals surface area contributed by atoms with Gasteiger partial charge in [-0.25, -0.2) is 0 Å². The Labute approximate surface area is 119 Å². The van der Waals surface area contributed by atoms with Gasteiger partial charge in [0.2, 0.25) is 0 Å². The van der Waals surface area contributed by atoms with E-state index in [1.165, 1.54) is 12.8 Å².